The monoisotopic (exact) mass is 447 g/mol. The highest BCUT2D eigenvalue weighted by Gasteiger charge is 2.22. The third kappa shape index (κ3) is 7.08. The fourth-order valence-electron chi connectivity index (χ4n) is 2.90. The Balaban J connectivity index is 2.18. The van der Waals surface area contributed by atoms with Gasteiger partial charge in [-0.15, -0.1) is 0 Å². The fraction of sp³-hybridized carbons (Fsp3) is 0.364. The van der Waals surface area contributed by atoms with E-state index in [2.05, 4.69) is 10.6 Å². The lowest BCUT2D eigenvalue weighted by molar-refractivity contribution is -0.114. The van der Waals surface area contributed by atoms with Gasteiger partial charge in [0.15, 0.2) is 0 Å². The molecular weight excluding hydrogens is 418 g/mol. The maximum Gasteiger partial charge on any atom is 0.253 e. The number of anilines is 2. The molecule has 0 saturated heterocycles. The Morgan fingerprint density at radius 2 is 1.71 bits per heavy atom. The molecule has 0 saturated carbocycles. The Kier molecular flexibility index (Phi) is 8.58. The van der Waals surface area contributed by atoms with E-state index < -0.39 is 22.5 Å². The average Bonchev–Trinajstić information content (AvgIpc) is 2.72. The number of carbonyl (C=O) groups is 2. The zero-order valence-electron chi connectivity index (χ0n) is 18.2. The first-order valence-corrected chi connectivity index (χ1v) is 11.7. The van der Waals surface area contributed by atoms with E-state index in [1.807, 2.05) is 26.0 Å². The second kappa shape index (κ2) is 10.9. The van der Waals surface area contributed by atoms with Crippen LogP contribution in [-0.4, -0.2) is 53.3 Å². The number of methoxy groups -OCH3 is 1. The lowest BCUT2D eigenvalue weighted by Crippen LogP contribution is -2.37. The summed E-state index contributed by atoms with van der Waals surface area (Å²) in [5, 5.41) is 5.34. The second-order valence-corrected chi connectivity index (χ2v) is 9.27. The van der Waals surface area contributed by atoms with Crippen molar-refractivity contribution >= 4 is 33.2 Å². The van der Waals surface area contributed by atoms with Crippen LogP contribution in [0.1, 0.15) is 35.7 Å². The van der Waals surface area contributed by atoms with E-state index in [1.165, 1.54) is 7.11 Å². The molecule has 2 aromatic carbocycles. The largest absolute Gasteiger partial charge is 0.383 e. The van der Waals surface area contributed by atoms with Crippen LogP contribution >= 0.6 is 0 Å². The van der Waals surface area contributed by atoms with E-state index in [9.17, 15) is 18.0 Å². The number of amides is 2. The van der Waals surface area contributed by atoms with E-state index in [0.717, 1.165) is 16.1 Å². The minimum Gasteiger partial charge on any atom is -0.383 e. The van der Waals surface area contributed by atoms with Crippen molar-refractivity contribution in [2.24, 2.45) is 0 Å². The molecule has 0 fully saturated rings. The van der Waals surface area contributed by atoms with Gasteiger partial charge in [0, 0.05) is 13.7 Å². The number of para-hydroxylation sites is 1. The third-order valence-corrected chi connectivity index (χ3v) is 5.71. The highest BCUT2D eigenvalue weighted by molar-refractivity contribution is 7.92. The predicted octanol–water partition coefficient (Wildman–Crippen LogP) is 2.59. The number of hydrogen-bond donors (Lipinski definition) is 2. The summed E-state index contributed by atoms with van der Waals surface area (Å²) in [6.45, 7) is 4.35. The van der Waals surface area contributed by atoms with Crippen LogP contribution in [0.25, 0.3) is 0 Å². The smallest absolute Gasteiger partial charge is 0.253 e. The van der Waals surface area contributed by atoms with Crippen LogP contribution in [-0.2, 0) is 19.6 Å². The standard InChI is InChI=1S/C22H29N3O5S/c1-16(2)17-9-11-18(12-10-17)25(31(4,28)29)15-21(26)24-20-8-6-5-7-19(20)22(27)23-13-14-30-3/h5-12,16H,13-15H2,1-4H3,(H,23,27)(H,24,26). The molecule has 9 heteroatoms. The summed E-state index contributed by atoms with van der Waals surface area (Å²) in [5.74, 6) is -0.622. The van der Waals surface area contributed by atoms with Crippen LogP contribution in [0.15, 0.2) is 48.5 Å². The Morgan fingerprint density at radius 1 is 1.06 bits per heavy atom. The predicted molar refractivity (Wildman–Crippen MR) is 122 cm³/mol. The molecule has 0 spiro atoms. The second-order valence-electron chi connectivity index (χ2n) is 7.36. The van der Waals surface area contributed by atoms with Gasteiger partial charge in [-0.3, -0.25) is 13.9 Å². The van der Waals surface area contributed by atoms with E-state index in [-0.39, 0.29) is 11.5 Å². The molecule has 0 radical (unpaired) electrons. The summed E-state index contributed by atoms with van der Waals surface area (Å²) >= 11 is 0. The molecule has 8 nitrogen and oxygen atoms in total. The van der Waals surface area contributed by atoms with Gasteiger partial charge in [-0.1, -0.05) is 38.1 Å². The molecule has 2 rings (SSSR count). The Labute approximate surface area is 183 Å². The van der Waals surface area contributed by atoms with Crippen molar-refractivity contribution in [3.05, 3.63) is 59.7 Å². The SMILES string of the molecule is COCCNC(=O)c1ccccc1NC(=O)CN(c1ccc(C(C)C)cc1)S(C)(=O)=O. The molecule has 0 heterocycles. The zero-order chi connectivity index (χ0) is 23.0. The topological polar surface area (TPSA) is 105 Å². The maximum absolute atomic E-state index is 12.7. The van der Waals surface area contributed by atoms with Gasteiger partial charge >= 0.3 is 0 Å². The van der Waals surface area contributed by atoms with Crippen LogP contribution in [0.4, 0.5) is 11.4 Å². The van der Waals surface area contributed by atoms with Gasteiger partial charge in [0.2, 0.25) is 15.9 Å². The van der Waals surface area contributed by atoms with Gasteiger partial charge < -0.3 is 15.4 Å². The van der Waals surface area contributed by atoms with Crippen LogP contribution in [0.5, 0.6) is 0 Å². The van der Waals surface area contributed by atoms with Crippen LogP contribution in [0.3, 0.4) is 0 Å². The van der Waals surface area contributed by atoms with E-state index in [0.29, 0.717) is 30.4 Å². The lowest BCUT2D eigenvalue weighted by atomic mass is 10.0. The van der Waals surface area contributed by atoms with Gasteiger partial charge in [-0.2, -0.15) is 0 Å². The molecule has 0 bridgehead atoms. The van der Waals surface area contributed by atoms with E-state index in [4.69, 9.17) is 4.74 Å². The van der Waals surface area contributed by atoms with Crippen molar-refractivity contribution in [3.8, 4) is 0 Å². The van der Waals surface area contributed by atoms with Crippen molar-refractivity contribution < 1.29 is 22.7 Å². The van der Waals surface area contributed by atoms with Gasteiger partial charge in [-0.05, 0) is 35.7 Å². The zero-order valence-corrected chi connectivity index (χ0v) is 19.0. The first-order valence-electron chi connectivity index (χ1n) is 9.87. The minimum atomic E-state index is -3.70. The number of hydrogen-bond acceptors (Lipinski definition) is 5. The Bertz CT molecular complexity index is 1000. The first kappa shape index (κ1) is 24.4. The Morgan fingerprint density at radius 3 is 2.29 bits per heavy atom. The summed E-state index contributed by atoms with van der Waals surface area (Å²) in [6, 6.07) is 13.6. The molecule has 168 valence electrons. The average molecular weight is 448 g/mol. The number of sulfonamides is 1. The third-order valence-electron chi connectivity index (χ3n) is 4.57. The van der Waals surface area contributed by atoms with Crippen LogP contribution in [0.2, 0.25) is 0 Å². The summed E-state index contributed by atoms with van der Waals surface area (Å²) < 4.78 is 30.6. The van der Waals surface area contributed by atoms with Gasteiger partial charge in [0.25, 0.3) is 5.91 Å². The number of ether oxygens (including phenoxy) is 1. The lowest BCUT2D eigenvalue weighted by Gasteiger charge is -2.22. The van der Waals surface area contributed by atoms with Gasteiger partial charge in [-0.25, -0.2) is 8.42 Å². The van der Waals surface area contributed by atoms with Crippen molar-refractivity contribution in [1.29, 1.82) is 0 Å². The normalized spacial score (nSPS) is 11.3. The summed E-state index contributed by atoms with van der Waals surface area (Å²) in [5.41, 5.74) is 2.04. The van der Waals surface area contributed by atoms with Crippen molar-refractivity contribution in [2.45, 2.75) is 19.8 Å². The van der Waals surface area contributed by atoms with E-state index >= 15 is 0 Å². The molecule has 2 amide bonds. The summed E-state index contributed by atoms with van der Waals surface area (Å²) in [6.07, 6.45) is 1.05. The number of nitrogens with one attached hydrogen (secondary N) is 2. The molecule has 2 N–H and O–H groups in total. The maximum atomic E-state index is 12.7. The van der Waals surface area contributed by atoms with Gasteiger partial charge in [0.05, 0.1) is 29.8 Å². The molecule has 0 aromatic heterocycles. The molecule has 0 aliphatic rings. The molecule has 0 aliphatic heterocycles. The molecule has 0 atom stereocenters. The number of nitrogens with zero attached hydrogens (tertiary/aromatic N) is 1. The fourth-order valence-corrected chi connectivity index (χ4v) is 3.75. The van der Waals surface area contributed by atoms with Crippen LogP contribution < -0.4 is 14.9 Å². The Hall–Kier alpha value is -2.91. The van der Waals surface area contributed by atoms with Crippen molar-refractivity contribution in [2.75, 3.05) is 42.7 Å². The first-order chi connectivity index (χ1) is 14.6. The molecule has 31 heavy (non-hydrogen) atoms. The highest BCUT2D eigenvalue weighted by Crippen LogP contribution is 2.22. The molecule has 2 aromatic rings. The highest BCUT2D eigenvalue weighted by atomic mass is 32.2. The summed E-state index contributed by atoms with van der Waals surface area (Å²) in [7, 11) is -2.17. The molecule has 0 unspecified atom stereocenters. The number of rotatable bonds is 10. The van der Waals surface area contributed by atoms with Crippen LogP contribution in [0, 0.1) is 0 Å². The van der Waals surface area contributed by atoms with Gasteiger partial charge in [0.1, 0.15) is 6.54 Å². The number of benzene rings is 2. The molecule has 0 aliphatic carbocycles. The van der Waals surface area contributed by atoms with Crippen molar-refractivity contribution in [1.82, 2.24) is 5.32 Å². The van der Waals surface area contributed by atoms with Crippen molar-refractivity contribution in [3.63, 3.8) is 0 Å². The van der Waals surface area contributed by atoms with E-state index in [1.54, 1.807) is 36.4 Å². The minimum absolute atomic E-state index is 0.277. The summed E-state index contributed by atoms with van der Waals surface area (Å²) in [4.78, 5) is 25.1. The quantitative estimate of drug-likeness (QED) is 0.545. The number of carbonyl (C=O) groups excluding carboxylic acids is 2. The molecular formula is C22H29N3O5S.